The maximum Gasteiger partial charge on any atom is 0.0991 e. The number of nitrogens with one attached hydrogen (secondary N) is 1. The lowest BCUT2D eigenvalue weighted by Gasteiger charge is -2.19. The molecule has 1 aromatic heterocycles. The summed E-state index contributed by atoms with van der Waals surface area (Å²) in [6.45, 7) is 0. The van der Waals surface area contributed by atoms with Crippen LogP contribution in [0.2, 0.25) is 0 Å². The van der Waals surface area contributed by atoms with Gasteiger partial charge >= 0.3 is 0 Å². The molecule has 0 amide bonds. The molecular weight excluding hydrogens is 236 g/mol. The molecule has 2 aromatic carbocycles. The number of nitrogens with zero attached hydrogens (tertiary/aromatic N) is 3. The molecule has 0 aliphatic rings. The zero-order valence-electron chi connectivity index (χ0n) is 10.5. The fourth-order valence-electron chi connectivity index (χ4n) is 2.04. The predicted octanol–water partition coefficient (Wildman–Crippen LogP) is 3.20. The van der Waals surface area contributed by atoms with Crippen molar-refractivity contribution in [3.63, 3.8) is 0 Å². The molecule has 0 unspecified atom stereocenters. The van der Waals surface area contributed by atoms with Crippen LogP contribution in [-0.2, 0) is 0 Å². The maximum atomic E-state index is 8.80. The largest absolute Gasteiger partial charge is 0.345 e. The van der Waals surface area contributed by atoms with E-state index >= 15 is 0 Å². The lowest BCUT2D eigenvalue weighted by molar-refractivity contribution is 1.21. The molecule has 0 saturated carbocycles. The van der Waals surface area contributed by atoms with E-state index in [1.54, 1.807) is 6.33 Å². The highest BCUT2D eigenvalue weighted by Gasteiger charge is 2.05. The zero-order valence-corrected chi connectivity index (χ0v) is 10.5. The molecule has 0 saturated heterocycles. The first kappa shape index (κ1) is 11.3. The predicted molar refractivity (Wildman–Crippen MR) is 75.3 cm³/mol. The van der Waals surface area contributed by atoms with Crippen LogP contribution in [0.5, 0.6) is 0 Å². The van der Waals surface area contributed by atoms with Crippen molar-refractivity contribution in [1.29, 1.82) is 5.26 Å². The van der Waals surface area contributed by atoms with Gasteiger partial charge in [-0.15, -0.1) is 0 Å². The van der Waals surface area contributed by atoms with Gasteiger partial charge in [0.05, 0.1) is 29.0 Å². The van der Waals surface area contributed by atoms with Gasteiger partial charge in [0.15, 0.2) is 0 Å². The van der Waals surface area contributed by atoms with Crippen LogP contribution in [0.1, 0.15) is 5.56 Å². The average Bonchev–Trinajstić information content (AvgIpc) is 2.94. The molecule has 3 rings (SSSR count). The van der Waals surface area contributed by atoms with E-state index in [4.69, 9.17) is 5.26 Å². The second-order valence-electron chi connectivity index (χ2n) is 4.32. The fraction of sp³-hybridized carbons (Fsp3) is 0.0667. The molecule has 0 aliphatic carbocycles. The molecule has 4 heteroatoms. The van der Waals surface area contributed by atoms with Crippen molar-refractivity contribution < 1.29 is 0 Å². The van der Waals surface area contributed by atoms with Crippen LogP contribution in [0, 0.1) is 11.3 Å². The van der Waals surface area contributed by atoms with Crippen LogP contribution in [-0.4, -0.2) is 17.0 Å². The maximum absolute atomic E-state index is 8.80. The molecule has 0 bridgehead atoms. The van der Waals surface area contributed by atoms with Gasteiger partial charge in [-0.05, 0) is 42.5 Å². The first-order chi connectivity index (χ1) is 9.28. The van der Waals surface area contributed by atoms with Crippen LogP contribution in [0.25, 0.3) is 11.0 Å². The summed E-state index contributed by atoms with van der Waals surface area (Å²) in [5.74, 6) is 0. The molecule has 4 nitrogen and oxygen atoms in total. The molecule has 92 valence electrons. The number of imidazole rings is 1. The number of aromatic nitrogens is 2. The first-order valence-corrected chi connectivity index (χ1v) is 5.95. The smallest absolute Gasteiger partial charge is 0.0991 e. The van der Waals surface area contributed by atoms with E-state index in [0.717, 1.165) is 22.4 Å². The Morgan fingerprint density at radius 1 is 1.11 bits per heavy atom. The normalized spacial score (nSPS) is 10.3. The van der Waals surface area contributed by atoms with Gasteiger partial charge in [-0.1, -0.05) is 0 Å². The minimum Gasteiger partial charge on any atom is -0.345 e. The van der Waals surface area contributed by atoms with E-state index in [2.05, 4.69) is 27.0 Å². The highest BCUT2D eigenvalue weighted by atomic mass is 15.1. The van der Waals surface area contributed by atoms with Gasteiger partial charge in [-0.25, -0.2) is 4.98 Å². The van der Waals surface area contributed by atoms with E-state index in [1.165, 1.54) is 0 Å². The summed E-state index contributed by atoms with van der Waals surface area (Å²) >= 11 is 0. The lowest BCUT2D eigenvalue weighted by atomic mass is 10.2. The number of aromatic amines is 1. The molecule has 3 aromatic rings. The van der Waals surface area contributed by atoms with Crippen LogP contribution in [0.15, 0.2) is 48.8 Å². The number of hydrogen-bond acceptors (Lipinski definition) is 3. The van der Waals surface area contributed by atoms with Crippen LogP contribution >= 0.6 is 0 Å². The summed E-state index contributed by atoms with van der Waals surface area (Å²) < 4.78 is 0. The van der Waals surface area contributed by atoms with Gasteiger partial charge in [0.1, 0.15) is 0 Å². The zero-order chi connectivity index (χ0) is 13.2. The third-order valence-electron chi connectivity index (χ3n) is 3.17. The monoisotopic (exact) mass is 248 g/mol. The molecule has 0 aliphatic heterocycles. The Bertz CT molecular complexity index is 750. The Morgan fingerprint density at radius 3 is 2.58 bits per heavy atom. The number of benzene rings is 2. The fourth-order valence-corrected chi connectivity index (χ4v) is 2.04. The van der Waals surface area contributed by atoms with E-state index in [-0.39, 0.29) is 0 Å². The van der Waals surface area contributed by atoms with Crippen molar-refractivity contribution in [3.8, 4) is 6.07 Å². The summed E-state index contributed by atoms with van der Waals surface area (Å²) in [4.78, 5) is 9.38. The second kappa shape index (κ2) is 4.46. The third-order valence-corrected chi connectivity index (χ3v) is 3.17. The number of anilines is 2. The summed E-state index contributed by atoms with van der Waals surface area (Å²) in [6, 6.07) is 15.7. The molecular formula is C15H12N4. The number of rotatable bonds is 2. The molecule has 0 atom stereocenters. The topological polar surface area (TPSA) is 55.7 Å². The number of hydrogen-bond donors (Lipinski definition) is 1. The average molecular weight is 248 g/mol. The van der Waals surface area contributed by atoms with Crippen LogP contribution in [0.4, 0.5) is 11.4 Å². The quantitative estimate of drug-likeness (QED) is 0.757. The van der Waals surface area contributed by atoms with Crippen molar-refractivity contribution >= 4 is 22.4 Å². The van der Waals surface area contributed by atoms with Gasteiger partial charge in [0, 0.05) is 18.4 Å². The second-order valence-corrected chi connectivity index (χ2v) is 4.32. The highest BCUT2D eigenvalue weighted by Crippen LogP contribution is 2.26. The van der Waals surface area contributed by atoms with Crippen molar-refractivity contribution in [2.24, 2.45) is 0 Å². The number of nitriles is 1. The van der Waals surface area contributed by atoms with Gasteiger partial charge in [-0.2, -0.15) is 5.26 Å². The minimum absolute atomic E-state index is 0.668. The lowest BCUT2D eigenvalue weighted by Crippen LogP contribution is -2.09. The van der Waals surface area contributed by atoms with E-state index in [0.29, 0.717) is 5.56 Å². The molecule has 0 spiro atoms. The van der Waals surface area contributed by atoms with Gasteiger partial charge in [0.2, 0.25) is 0 Å². The summed E-state index contributed by atoms with van der Waals surface area (Å²) in [7, 11) is 2.00. The number of H-pyrrole nitrogens is 1. The van der Waals surface area contributed by atoms with Crippen LogP contribution < -0.4 is 4.90 Å². The van der Waals surface area contributed by atoms with Gasteiger partial charge < -0.3 is 9.88 Å². The Balaban J connectivity index is 1.97. The summed E-state index contributed by atoms with van der Waals surface area (Å²) in [5.41, 5.74) is 4.75. The first-order valence-electron chi connectivity index (χ1n) is 5.95. The van der Waals surface area contributed by atoms with Gasteiger partial charge in [-0.3, -0.25) is 0 Å². The van der Waals surface area contributed by atoms with E-state index < -0.39 is 0 Å². The van der Waals surface area contributed by atoms with Crippen LogP contribution in [0.3, 0.4) is 0 Å². The highest BCUT2D eigenvalue weighted by molar-refractivity contribution is 5.80. The van der Waals surface area contributed by atoms with Gasteiger partial charge in [0.25, 0.3) is 0 Å². The molecule has 1 N–H and O–H groups in total. The van der Waals surface area contributed by atoms with Crippen molar-refractivity contribution in [2.75, 3.05) is 11.9 Å². The van der Waals surface area contributed by atoms with Crippen molar-refractivity contribution in [3.05, 3.63) is 54.4 Å². The minimum atomic E-state index is 0.668. The Kier molecular flexibility index (Phi) is 2.66. The molecule has 1 heterocycles. The third kappa shape index (κ3) is 2.02. The summed E-state index contributed by atoms with van der Waals surface area (Å²) in [6.07, 6.45) is 1.69. The van der Waals surface area contributed by atoms with E-state index in [9.17, 15) is 0 Å². The Labute approximate surface area is 110 Å². The van der Waals surface area contributed by atoms with E-state index in [1.807, 2.05) is 43.4 Å². The Hall–Kier alpha value is -2.80. The Morgan fingerprint density at radius 2 is 1.84 bits per heavy atom. The van der Waals surface area contributed by atoms with Crippen molar-refractivity contribution in [1.82, 2.24) is 9.97 Å². The molecule has 19 heavy (non-hydrogen) atoms. The molecule has 0 radical (unpaired) electrons. The molecule has 0 fully saturated rings. The van der Waals surface area contributed by atoms with Crippen molar-refractivity contribution in [2.45, 2.75) is 0 Å². The number of fused-ring (bicyclic) bond motifs is 1. The SMILES string of the molecule is CN(c1ccc(C#N)cc1)c1ccc2nc[nH]c2c1. The standard InChI is InChI=1S/C15H12N4/c1-19(12-4-2-11(9-16)3-5-12)13-6-7-14-15(8-13)18-10-17-14/h2-8,10H,1H3,(H,17,18). The summed E-state index contributed by atoms with van der Waals surface area (Å²) in [5, 5.41) is 8.80.